The molecular weight excluding hydrogens is 453 g/mol. The standard InChI is InChI=1S/C20H14Cl2F2N4O3/c21-13-2-1-3-14(22)18(13)28(19(25)29)16-7-4-10(9-31-20(26)30)17(27-16)12-6-5-11(23)8-15(12)24/h1-8H,9H2,(H2,25,29)(H2,26,30). The summed E-state index contributed by atoms with van der Waals surface area (Å²) < 4.78 is 32.7. The van der Waals surface area contributed by atoms with Gasteiger partial charge >= 0.3 is 12.1 Å². The molecule has 0 saturated heterocycles. The van der Waals surface area contributed by atoms with Crippen LogP contribution in [-0.4, -0.2) is 17.1 Å². The van der Waals surface area contributed by atoms with Gasteiger partial charge in [0.25, 0.3) is 0 Å². The van der Waals surface area contributed by atoms with E-state index in [2.05, 4.69) is 4.98 Å². The minimum absolute atomic E-state index is 0.0364. The van der Waals surface area contributed by atoms with Crippen molar-refractivity contribution in [2.45, 2.75) is 6.61 Å². The topological polar surface area (TPSA) is 112 Å². The fourth-order valence-electron chi connectivity index (χ4n) is 2.82. The maximum atomic E-state index is 14.5. The average molecular weight is 467 g/mol. The number of hydrogen-bond donors (Lipinski definition) is 2. The number of nitrogens with zero attached hydrogens (tertiary/aromatic N) is 2. The van der Waals surface area contributed by atoms with Gasteiger partial charge in [0.15, 0.2) is 0 Å². The van der Waals surface area contributed by atoms with Gasteiger partial charge in [-0.25, -0.2) is 28.3 Å². The number of ether oxygens (including phenoxy) is 1. The van der Waals surface area contributed by atoms with E-state index in [1.165, 1.54) is 24.3 Å². The number of rotatable bonds is 5. The molecule has 31 heavy (non-hydrogen) atoms. The second-order valence-electron chi connectivity index (χ2n) is 6.15. The monoisotopic (exact) mass is 466 g/mol. The summed E-state index contributed by atoms with van der Waals surface area (Å²) in [6, 6.07) is 9.24. The van der Waals surface area contributed by atoms with Crippen molar-refractivity contribution in [3.63, 3.8) is 0 Å². The number of primary amides is 2. The van der Waals surface area contributed by atoms with E-state index < -0.39 is 23.8 Å². The Morgan fingerprint density at radius 2 is 1.71 bits per heavy atom. The van der Waals surface area contributed by atoms with Gasteiger partial charge in [0, 0.05) is 17.2 Å². The first kappa shape index (κ1) is 22.3. The molecule has 7 nitrogen and oxygen atoms in total. The zero-order chi connectivity index (χ0) is 22.7. The number of amides is 3. The molecule has 0 spiro atoms. The van der Waals surface area contributed by atoms with Gasteiger partial charge in [-0.15, -0.1) is 0 Å². The molecule has 3 rings (SSSR count). The number of para-hydroxylation sites is 1. The van der Waals surface area contributed by atoms with Crippen LogP contribution >= 0.6 is 23.2 Å². The number of aromatic nitrogens is 1. The second kappa shape index (κ2) is 9.15. The first-order chi connectivity index (χ1) is 14.7. The first-order valence-corrected chi connectivity index (χ1v) is 9.35. The van der Waals surface area contributed by atoms with Crippen molar-refractivity contribution in [2.75, 3.05) is 4.90 Å². The molecule has 0 aliphatic rings. The van der Waals surface area contributed by atoms with E-state index in [1.54, 1.807) is 6.07 Å². The van der Waals surface area contributed by atoms with Gasteiger partial charge in [0.1, 0.15) is 24.1 Å². The third kappa shape index (κ3) is 4.84. The number of anilines is 2. The summed E-state index contributed by atoms with van der Waals surface area (Å²) in [5.74, 6) is -1.77. The first-order valence-electron chi connectivity index (χ1n) is 8.60. The van der Waals surface area contributed by atoms with Gasteiger partial charge in [-0.2, -0.15) is 0 Å². The van der Waals surface area contributed by atoms with Crippen LogP contribution in [0.4, 0.5) is 29.9 Å². The van der Waals surface area contributed by atoms with Crippen molar-refractivity contribution in [3.8, 4) is 11.3 Å². The van der Waals surface area contributed by atoms with Crippen LogP contribution in [0.5, 0.6) is 0 Å². The fourth-order valence-corrected chi connectivity index (χ4v) is 3.39. The van der Waals surface area contributed by atoms with Crippen molar-refractivity contribution < 1.29 is 23.1 Å². The molecular formula is C20H14Cl2F2N4O3. The SMILES string of the molecule is NC(=O)OCc1ccc(N(C(N)=O)c2c(Cl)cccc2Cl)nc1-c1ccc(F)cc1F. The molecule has 0 aliphatic heterocycles. The van der Waals surface area contributed by atoms with Crippen molar-refractivity contribution in [1.29, 1.82) is 0 Å². The smallest absolute Gasteiger partial charge is 0.404 e. The van der Waals surface area contributed by atoms with Gasteiger partial charge in [-0.05, 0) is 36.4 Å². The lowest BCUT2D eigenvalue weighted by Gasteiger charge is -2.23. The molecule has 1 heterocycles. The van der Waals surface area contributed by atoms with Crippen LogP contribution in [0.25, 0.3) is 11.3 Å². The summed E-state index contributed by atoms with van der Waals surface area (Å²) in [4.78, 5) is 28.5. The Kier molecular flexibility index (Phi) is 6.57. The van der Waals surface area contributed by atoms with Gasteiger partial charge in [-0.1, -0.05) is 29.3 Å². The fraction of sp³-hybridized carbons (Fsp3) is 0.0500. The molecule has 0 aliphatic carbocycles. The number of nitrogens with two attached hydrogens (primary N) is 2. The van der Waals surface area contributed by atoms with E-state index in [4.69, 9.17) is 39.4 Å². The summed E-state index contributed by atoms with van der Waals surface area (Å²) in [5.41, 5.74) is 10.7. The maximum absolute atomic E-state index is 14.5. The Labute approximate surface area is 185 Å². The lowest BCUT2D eigenvalue weighted by molar-refractivity contribution is 0.150. The highest BCUT2D eigenvalue weighted by atomic mass is 35.5. The van der Waals surface area contributed by atoms with Gasteiger partial charge in [0.2, 0.25) is 0 Å². The molecule has 0 fully saturated rings. The van der Waals surface area contributed by atoms with Crippen molar-refractivity contribution in [1.82, 2.24) is 4.98 Å². The van der Waals surface area contributed by atoms with E-state index in [1.807, 2.05) is 0 Å². The minimum Gasteiger partial charge on any atom is -0.445 e. The zero-order valence-corrected chi connectivity index (χ0v) is 17.1. The summed E-state index contributed by atoms with van der Waals surface area (Å²) in [6.07, 6.45) is -1.06. The molecule has 0 saturated carbocycles. The van der Waals surface area contributed by atoms with Crippen LogP contribution in [-0.2, 0) is 11.3 Å². The Morgan fingerprint density at radius 3 is 2.29 bits per heavy atom. The van der Waals surface area contributed by atoms with E-state index in [0.29, 0.717) is 6.07 Å². The third-order valence-corrected chi connectivity index (χ3v) is 4.74. The van der Waals surface area contributed by atoms with Crippen molar-refractivity contribution >= 4 is 46.8 Å². The van der Waals surface area contributed by atoms with Crippen LogP contribution in [0, 0.1) is 11.6 Å². The van der Waals surface area contributed by atoms with E-state index >= 15 is 0 Å². The zero-order valence-electron chi connectivity index (χ0n) is 15.6. The summed E-state index contributed by atoms with van der Waals surface area (Å²) in [7, 11) is 0. The number of urea groups is 1. The number of hydrogen-bond acceptors (Lipinski definition) is 4. The highest BCUT2D eigenvalue weighted by molar-refractivity contribution is 6.40. The molecule has 2 aromatic carbocycles. The van der Waals surface area contributed by atoms with Crippen LogP contribution < -0.4 is 16.4 Å². The van der Waals surface area contributed by atoms with E-state index in [-0.39, 0.29) is 45.0 Å². The van der Waals surface area contributed by atoms with Crippen LogP contribution in [0.15, 0.2) is 48.5 Å². The molecule has 3 aromatic rings. The van der Waals surface area contributed by atoms with Crippen LogP contribution in [0.1, 0.15) is 5.56 Å². The molecule has 0 unspecified atom stereocenters. The van der Waals surface area contributed by atoms with E-state index in [9.17, 15) is 18.4 Å². The Morgan fingerprint density at radius 1 is 1.03 bits per heavy atom. The highest BCUT2D eigenvalue weighted by Crippen LogP contribution is 2.38. The molecule has 0 bridgehead atoms. The summed E-state index contributed by atoms with van der Waals surface area (Å²) in [5, 5.41) is 0.229. The van der Waals surface area contributed by atoms with Crippen molar-refractivity contribution in [2.24, 2.45) is 11.5 Å². The minimum atomic E-state index is -1.06. The molecule has 11 heteroatoms. The summed E-state index contributed by atoms with van der Waals surface area (Å²) in [6.45, 7) is -0.349. The Balaban J connectivity index is 2.21. The van der Waals surface area contributed by atoms with Gasteiger partial charge in [-0.3, -0.25) is 0 Å². The third-order valence-electron chi connectivity index (χ3n) is 4.13. The predicted molar refractivity (Wildman–Crippen MR) is 112 cm³/mol. The number of carbonyl (C=O) groups is 2. The quantitative estimate of drug-likeness (QED) is 0.541. The van der Waals surface area contributed by atoms with Crippen LogP contribution in [0.2, 0.25) is 10.0 Å². The van der Waals surface area contributed by atoms with Crippen molar-refractivity contribution in [3.05, 3.63) is 75.8 Å². The molecule has 160 valence electrons. The largest absolute Gasteiger partial charge is 0.445 e. The molecule has 3 amide bonds. The number of pyridine rings is 1. The number of benzene rings is 2. The molecule has 1 aromatic heterocycles. The molecule has 4 N–H and O–H groups in total. The Bertz CT molecular complexity index is 1160. The predicted octanol–water partition coefficient (Wildman–Crippen LogP) is 5.15. The van der Waals surface area contributed by atoms with E-state index in [0.717, 1.165) is 17.0 Å². The highest BCUT2D eigenvalue weighted by Gasteiger charge is 2.24. The average Bonchev–Trinajstić information content (AvgIpc) is 2.69. The maximum Gasteiger partial charge on any atom is 0.404 e. The molecule has 0 atom stereocenters. The second-order valence-corrected chi connectivity index (χ2v) is 6.97. The molecule has 0 radical (unpaired) electrons. The van der Waals surface area contributed by atoms with Crippen LogP contribution in [0.3, 0.4) is 0 Å². The lowest BCUT2D eigenvalue weighted by atomic mass is 10.1. The van der Waals surface area contributed by atoms with Gasteiger partial charge < -0.3 is 16.2 Å². The number of halogens is 4. The normalized spacial score (nSPS) is 10.6. The van der Waals surface area contributed by atoms with Gasteiger partial charge in [0.05, 0.1) is 21.4 Å². The summed E-state index contributed by atoms with van der Waals surface area (Å²) >= 11 is 12.4. The Hall–Kier alpha value is -3.43. The lowest BCUT2D eigenvalue weighted by Crippen LogP contribution is -2.32. The number of carbonyl (C=O) groups excluding carboxylic acids is 2.